The molecule has 1 aliphatic rings. The van der Waals surface area contributed by atoms with Gasteiger partial charge in [-0.15, -0.1) is 0 Å². The van der Waals surface area contributed by atoms with Gasteiger partial charge in [-0.05, 0) is 31.0 Å². The van der Waals surface area contributed by atoms with E-state index in [1.165, 1.54) is 0 Å². The van der Waals surface area contributed by atoms with Gasteiger partial charge < -0.3 is 5.73 Å². The van der Waals surface area contributed by atoms with Crippen molar-refractivity contribution in [2.75, 3.05) is 0 Å². The molecule has 0 radical (unpaired) electrons. The summed E-state index contributed by atoms with van der Waals surface area (Å²) < 4.78 is 28.2. The molecular weight excluding hydrogens is 328 g/mol. The highest BCUT2D eigenvalue weighted by molar-refractivity contribution is 9.10. The fourth-order valence-electron chi connectivity index (χ4n) is 2.38. The standard InChI is InChI=1S/C13H19BrN2O2S/c14-10-5-4-6-11(9-10)19(17,18)16-13-8-3-1-2-7-12(13)15/h4-6,9,12-13,16H,1-3,7-8,15H2. The molecule has 0 saturated heterocycles. The summed E-state index contributed by atoms with van der Waals surface area (Å²) in [4.78, 5) is 0.276. The first-order valence-electron chi connectivity index (χ1n) is 6.52. The third kappa shape index (κ3) is 4.02. The lowest BCUT2D eigenvalue weighted by Gasteiger charge is -2.22. The van der Waals surface area contributed by atoms with Crippen molar-refractivity contribution in [1.82, 2.24) is 4.72 Å². The average molecular weight is 347 g/mol. The van der Waals surface area contributed by atoms with Crippen LogP contribution in [0.25, 0.3) is 0 Å². The Bertz CT molecular complexity index is 533. The van der Waals surface area contributed by atoms with Crippen LogP contribution in [-0.4, -0.2) is 20.5 Å². The van der Waals surface area contributed by atoms with E-state index in [0.29, 0.717) is 0 Å². The maximum absolute atomic E-state index is 12.3. The molecule has 1 saturated carbocycles. The maximum atomic E-state index is 12.3. The van der Waals surface area contributed by atoms with Crippen molar-refractivity contribution < 1.29 is 8.42 Å². The van der Waals surface area contributed by atoms with Gasteiger partial charge in [0.15, 0.2) is 0 Å². The zero-order valence-electron chi connectivity index (χ0n) is 10.7. The summed E-state index contributed by atoms with van der Waals surface area (Å²) >= 11 is 3.29. The molecule has 1 aromatic carbocycles. The second-order valence-corrected chi connectivity index (χ2v) is 7.62. The second-order valence-electron chi connectivity index (χ2n) is 4.99. The molecule has 2 rings (SSSR count). The normalized spacial score (nSPS) is 24.9. The molecule has 19 heavy (non-hydrogen) atoms. The molecule has 1 aliphatic carbocycles. The molecule has 0 bridgehead atoms. The molecule has 106 valence electrons. The van der Waals surface area contributed by atoms with Crippen LogP contribution in [0.5, 0.6) is 0 Å². The molecule has 1 aromatic rings. The highest BCUT2D eigenvalue weighted by Crippen LogP contribution is 2.20. The second kappa shape index (κ2) is 6.35. The third-order valence-corrected chi connectivity index (χ3v) is 5.46. The van der Waals surface area contributed by atoms with Crippen molar-refractivity contribution in [3.8, 4) is 0 Å². The van der Waals surface area contributed by atoms with Crippen molar-refractivity contribution in [2.24, 2.45) is 5.73 Å². The number of benzene rings is 1. The number of sulfonamides is 1. The Kier molecular flexibility index (Phi) is 5.00. The lowest BCUT2D eigenvalue weighted by atomic mass is 10.1. The molecule has 2 unspecified atom stereocenters. The minimum Gasteiger partial charge on any atom is -0.326 e. The first-order valence-corrected chi connectivity index (χ1v) is 8.80. The van der Waals surface area contributed by atoms with Gasteiger partial charge in [0, 0.05) is 16.6 Å². The van der Waals surface area contributed by atoms with Crippen molar-refractivity contribution in [3.63, 3.8) is 0 Å². The predicted molar refractivity (Wildman–Crippen MR) is 79.3 cm³/mol. The number of nitrogens with two attached hydrogens (primary N) is 1. The maximum Gasteiger partial charge on any atom is 0.240 e. The minimum atomic E-state index is -3.49. The molecule has 0 heterocycles. The predicted octanol–water partition coefficient (Wildman–Crippen LogP) is 2.39. The van der Waals surface area contributed by atoms with Gasteiger partial charge in [0.05, 0.1) is 4.90 Å². The van der Waals surface area contributed by atoms with Crippen molar-refractivity contribution in [2.45, 2.75) is 49.1 Å². The SMILES string of the molecule is NC1CCCCCC1NS(=O)(=O)c1cccc(Br)c1. The van der Waals surface area contributed by atoms with E-state index in [4.69, 9.17) is 5.73 Å². The first-order chi connectivity index (χ1) is 8.99. The molecule has 6 heteroatoms. The van der Waals surface area contributed by atoms with Crippen LogP contribution in [0.15, 0.2) is 33.6 Å². The smallest absolute Gasteiger partial charge is 0.240 e. The quantitative estimate of drug-likeness (QED) is 0.825. The van der Waals surface area contributed by atoms with Crippen LogP contribution in [0.2, 0.25) is 0 Å². The van der Waals surface area contributed by atoms with Crippen LogP contribution in [0.3, 0.4) is 0 Å². The monoisotopic (exact) mass is 346 g/mol. The van der Waals surface area contributed by atoms with Gasteiger partial charge in [-0.3, -0.25) is 0 Å². The lowest BCUT2D eigenvalue weighted by Crippen LogP contribution is -2.46. The van der Waals surface area contributed by atoms with Gasteiger partial charge in [0.25, 0.3) is 0 Å². The fraction of sp³-hybridized carbons (Fsp3) is 0.538. The molecule has 1 fully saturated rings. The average Bonchev–Trinajstić information content (AvgIpc) is 2.55. The van der Waals surface area contributed by atoms with Crippen molar-refractivity contribution >= 4 is 26.0 Å². The number of hydrogen-bond acceptors (Lipinski definition) is 3. The van der Waals surface area contributed by atoms with E-state index in [2.05, 4.69) is 20.7 Å². The molecule has 0 spiro atoms. The minimum absolute atomic E-state index is 0.0931. The van der Waals surface area contributed by atoms with E-state index in [-0.39, 0.29) is 17.0 Å². The van der Waals surface area contributed by atoms with Crippen molar-refractivity contribution in [3.05, 3.63) is 28.7 Å². The Morgan fingerprint density at radius 1 is 1.21 bits per heavy atom. The lowest BCUT2D eigenvalue weighted by molar-refractivity contribution is 0.456. The Balaban J connectivity index is 2.16. The highest BCUT2D eigenvalue weighted by Gasteiger charge is 2.26. The van der Waals surface area contributed by atoms with Gasteiger partial charge >= 0.3 is 0 Å². The van der Waals surface area contributed by atoms with Crippen LogP contribution in [0, 0.1) is 0 Å². The van der Waals surface area contributed by atoms with E-state index in [0.717, 1.165) is 36.6 Å². The summed E-state index contributed by atoms with van der Waals surface area (Å²) in [5.74, 6) is 0. The topological polar surface area (TPSA) is 72.2 Å². The largest absolute Gasteiger partial charge is 0.326 e. The van der Waals surface area contributed by atoms with Crippen molar-refractivity contribution in [1.29, 1.82) is 0 Å². The Morgan fingerprint density at radius 3 is 2.68 bits per heavy atom. The van der Waals surface area contributed by atoms with E-state index in [1.807, 2.05) is 0 Å². The summed E-state index contributed by atoms with van der Waals surface area (Å²) in [7, 11) is -3.49. The molecule has 0 aliphatic heterocycles. The van der Waals surface area contributed by atoms with Crippen LogP contribution in [0.4, 0.5) is 0 Å². The van der Waals surface area contributed by atoms with E-state index < -0.39 is 10.0 Å². The number of hydrogen-bond donors (Lipinski definition) is 2. The van der Waals surface area contributed by atoms with E-state index in [9.17, 15) is 8.42 Å². The molecular formula is C13H19BrN2O2S. The molecule has 4 nitrogen and oxygen atoms in total. The summed E-state index contributed by atoms with van der Waals surface area (Å²) in [6, 6.07) is 6.46. The summed E-state index contributed by atoms with van der Waals surface area (Å²) in [6.45, 7) is 0. The zero-order chi connectivity index (χ0) is 13.9. The van der Waals surface area contributed by atoms with Gasteiger partial charge in [-0.2, -0.15) is 0 Å². The van der Waals surface area contributed by atoms with Gasteiger partial charge in [0.2, 0.25) is 10.0 Å². The van der Waals surface area contributed by atoms with Crippen LogP contribution >= 0.6 is 15.9 Å². The fourth-order valence-corrected chi connectivity index (χ4v) is 4.30. The highest BCUT2D eigenvalue weighted by atomic mass is 79.9. The molecule has 2 atom stereocenters. The van der Waals surface area contributed by atoms with Gasteiger partial charge in [0.1, 0.15) is 0 Å². The Morgan fingerprint density at radius 2 is 1.95 bits per heavy atom. The molecule has 0 aromatic heterocycles. The Labute approximate surface area is 122 Å². The number of halogens is 1. The number of rotatable bonds is 3. The zero-order valence-corrected chi connectivity index (χ0v) is 13.1. The van der Waals surface area contributed by atoms with Crippen LogP contribution in [0.1, 0.15) is 32.1 Å². The Hall–Kier alpha value is -0.430. The first kappa shape index (κ1) is 15.0. The molecule has 3 N–H and O–H groups in total. The van der Waals surface area contributed by atoms with Gasteiger partial charge in [-0.1, -0.05) is 41.3 Å². The van der Waals surface area contributed by atoms with E-state index in [1.54, 1.807) is 24.3 Å². The third-order valence-electron chi connectivity index (χ3n) is 3.48. The summed E-state index contributed by atoms with van der Waals surface area (Å²) in [5.41, 5.74) is 6.06. The van der Waals surface area contributed by atoms with Crippen LogP contribution in [-0.2, 0) is 10.0 Å². The van der Waals surface area contributed by atoms with Gasteiger partial charge in [-0.25, -0.2) is 13.1 Å². The number of nitrogens with one attached hydrogen (secondary N) is 1. The van der Waals surface area contributed by atoms with Crippen LogP contribution < -0.4 is 10.5 Å². The molecule has 0 amide bonds. The summed E-state index contributed by atoms with van der Waals surface area (Å²) in [5, 5.41) is 0. The van der Waals surface area contributed by atoms with E-state index >= 15 is 0 Å². The summed E-state index contributed by atoms with van der Waals surface area (Å²) in [6.07, 6.45) is 4.93.